The van der Waals surface area contributed by atoms with Gasteiger partial charge in [0.05, 0.1) is 5.56 Å². The van der Waals surface area contributed by atoms with E-state index in [2.05, 4.69) is 25.9 Å². The number of nitrogens with zero attached hydrogens (tertiary/aromatic N) is 2. The number of carbonyl (C=O) groups excluding carboxylic acids is 2. The van der Waals surface area contributed by atoms with Crippen molar-refractivity contribution in [3.63, 3.8) is 0 Å². The van der Waals surface area contributed by atoms with E-state index in [1.807, 2.05) is 12.1 Å². The molecule has 0 saturated carbocycles. The zero-order chi connectivity index (χ0) is 15.6. The predicted octanol–water partition coefficient (Wildman–Crippen LogP) is 0.706. The van der Waals surface area contributed by atoms with E-state index >= 15 is 0 Å². The molecule has 2 rings (SSSR count). The van der Waals surface area contributed by atoms with Gasteiger partial charge in [-0.2, -0.15) is 0 Å². The van der Waals surface area contributed by atoms with E-state index in [0.29, 0.717) is 25.2 Å². The molecule has 3 amide bonds. The maximum Gasteiger partial charge on any atom is 0.315 e. The first-order valence-electron chi connectivity index (χ1n) is 6.84. The Labute approximate surface area is 128 Å². The van der Waals surface area contributed by atoms with E-state index in [-0.39, 0.29) is 11.9 Å². The summed E-state index contributed by atoms with van der Waals surface area (Å²) in [5, 5.41) is 8.06. The Morgan fingerprint density at radius 1 is 0.909 bits per heavy atom. The largest absolute Gasteiger partial charge is 0.350 e. The van der Waals surface area contributed by atoms with E-state index in [9.17, 15) is 9.59 Å². The monoisotopic (exact) mass is 299 g/mol. The number of urea groups is 1. The second-order valence-electron chi connectivity index (χ2n) is 4.47. The molecule has 0 spiro atoms. The zero-order valence-electron chi connectivity index (χ0n) is 12.0. The molecule has 22 heavy (non-hydrogen) atoms. The van der Waals surface area contributed by atoms with Gasteiger partial charge in [0.1, 0.15) is 0 Å². The van der Waals surface area contributed by atoms with Crippen molar-refractivity contribution >= 4 is 11.9 Å². The molecule has 0 aromatic carbocycles. The van der Waals surface area contributed by atoms with Crippen molar-refractivity contribution < 1.29 is 9.59 Å². The number of rotatable bonds is 6. The number of hydrogen-bond acceptors (Lipinski definition) is 4. The molecule has 0 radical (unpaired) electrons. The molecule has 114 valence electrons. The molecule has 0 unspecified atom stereocenters. The lowest BCUT2D eigenvalue weighted by molar-refractivity contribution is 0.0953. The Hall–Kier alpha value is -2.96. The van der Waals surface area contributed by atoms with Gasteiger partial charge in [0.15, 0.2) is 0 Å². The van der Waals surface area contributed by atoms with Crippen LogP contribution >= 0.6 is 0 Å². The lowest BCUT2D eigenvalue weighted by Crippen LogP contribution is -2.40. The smallest absolute Gasteiger partial charge is 0.315 e. The molecule has 2 aromatic heterocycles. The van der Waals surface area contributed by atoms with E-state index in [0.717, 1.165) is 5.56 Å². The molecule has 7 nitrogen and oxygen atoms in total. The van der Waals surface area contributed by atoms with Crippen LogP contribution in [0.3, 0.4) is 0 Å². The topological polar surface area (TPSA) is 96.0 Å². The molecule has 0 aliphatic heterocycles. The number of pyridine rings is 2. The van der Waals surface area contributed by atoms with Gasteiger partial charge >= 0.3 is 6.03 Å². The molecule has 0 saturated heterocycles. The van der Waals surface area contributed by atoms with E-state index < -0.39 is 0 Å². The highest BCUT2D eigenvalue weighted by molar-refractivity contribution is 5.93. The van der Waals surface area contributed by atoms with Crippen LogP contribution in [-0.2, 0) is 6.54 Å². The summed E-state index contributed by atoms with van der Waals surface area (Å²) in [4.78, 5) is 31.1. The summed E-state index contributed by atoms with van der Waals surface area (Å²) in [7, 11) is 0. The van der Waals surface area contributed by atoms with E-state index in [1.165, 1.54) is 6.20 Å². The summed E-state index contributed by atoms with van der Waals surface area (Å²) in [5.74, 6) is -0.217. The summed E-state index contributed by atoms with van der Waals surface area (Å²) in [6.07, 6.45) is 6.46. The van der Waals surface area contributed by atoms with E-state index in [1.54, 1.807) is 30.7 Å². The number of carbonyl (C=O) groups is 2. The van der Waals surface area contributed by atoms with Crippen LogP contribution in [-0.4, -0.2) is 35.0 Å². The average molecular weight is 299 g/mol. The van der Waals surface area contributed by atoms with Gasteiger partial charge in [-0.1, -0.05) is 6.07 Å². The highest BCUT2D eigenvalue weighted by atomic mass is 16.2. The van der Waals surface area contributed by atoms with Crippen LogP contribution in [0.2, 0.25) is 0 Å². The first-order valence-corrected chi connectivity index (χ1v) is 6.84. The van der Waals surface area contributed by atoms with Gasteiger partial charge in [0, 0.05) is 44.4 Å². The van der Waals surface area contributed by atoms with Crippen molar-refractivity contribution in [2.75, 3.05) is 13.1 Å². The second-order valence-corrected chi connectivity index (χ2v) is 4.47. The highest BCUT2D eigenvalue weighted by Crippen LogP contribution is 1.94. The van der Waals surface area contributed by atoms with Crippen molar-refractivity contribution in [1.82, 2.24) is 25.9 Å². The first-order chi connectivity index (χ1) is 10.8. The second kappa shape index (κ2) is 8.35. The van der Waals surface area contributed by atoms with E-state index in [4.69, 9.17) is 0 Å². The average Bonchev–Trinajstić information content (AvgIpc) is 2.58. The van der Waals surface area contributed by atoms with Crippen molar-refractivity contribution in [2.24, 2.45) is 0 Å². The first kappa shape index (κ1) is 15.4. The summed E-state index contributed by atoms with van der Waals surface area (Å²) >= 11 is 0. The molecule has 3 N–H and O–H groups in total. The van der Waals surface area contributed by atoms with Gasteiger partial charge in [-0.15, -0.1) is 0 Å². The van der Waals surface area contributed by atoms with Crippen LogP contribution < -0.4 is 16.0 Å². The zero-order valence-corrected chi connectivity index (χ0v) is 12.0. The molecule has 0 bridgehead atoms. The molecular formula is C15H17N5O2. The molecule has 0 fully saturated rings. The quantitative estimate of drug-likeness (QED) is 0.684. The maximum absolute atomic E-state index is 11.7. The Morgan fingerprint density at radius 3 is 2.32 bits per heavy atom. The fourth-order valence-electron chi connectivity index (χ4n) is 1.70. The third kappa shape index (κ3) is 5.20. The number of aromatic nitrogens is 2. The summed E-state index contributed by atoms with van der Waals surface area (Å²) in [6.45, 7) is 1.08. The Bertz CT molecular complexity index is 604. The Balaban J connectivity index is 1.60. The maximum atomic E-state index is 11.7. The van der Waals surface area contributed by atoms with Crippen LogP contribution in [0.15, 0.2) is 49.1 Å². The van der Waals surface area contributed by atoms with Crippen LogP contribution in [0.25, 0.3) is 0 Å². The third-order valence-electron chi connectivity index (χ3n) is 2.80. The lowest BCUT2D eigenvalue weighted by atomic mass is 10.3. The van der Waals surface area contributed by atoms with Crippen LogP contribution in [0, 0.1) is 0 Å². The SMILES string of the molecule is O=C(NCCNC(=O)c1cccnc1)NCc1cccnc1. The summed E-state index contributed by atoms with van der Waals surface area (Å²) in [5.41, 5.74) is 1.41. The number of nitrogens with one attached hydrogen (secondary N) is 3. The standard InChI is InChI=1S/C15H17N5O2/c21-14(13-4-2-6-17-11-13)18-7-8-19-15(22)20-10-12-3-1-5-16-9-12/h1-6,9,11H,7-8,10H2,(H,18,21)(H2,19,20,22). The third-order valence-corrected chi connectivity index (χ3v) is 2.80. The predicted molar refractivity (Wildman–Crippen MR) is 81.0 cm³/mol. The summed E-state index contributed by atoms with van der Waals surface area (Å²) in [6, 6.07) is 6.76. The van der Waals surface area contributed by atoms with Crippen LogP contribution in [0.5, 0.6) is 0 Å². The Kier molecular flexibility index (Phi) is 5.86. The molecule has 0 aliphatic rings. The number of hydrogen-bond donors (Lipinski definition) is 3. The molecule has 2 aromatic rings. The fraction of sp³-hybridized carbons (Fsp3) is 0.200. The van der Waals surface area contributed by atoms with Crippen LogP contribution in [0.4, 0.5) is 4.79 Å². The van der Waals surface area contributed by atoms with Gasteiger partial charge in [-0.25, -0.2) is 4.79 Å². The van der Waals surface area contributed by atoms with Crippen molar-refractivity contribution in [2.45, 2.75) is 6.54 Å². The molecule has 7 heteroatoms. The minimum Gasteiger partial charge on any atom is -0.350 e. The normalized spacial score (nSPS) is 9.82. The Morgan fingerprint density at radius 2 is 1.64 bits per heavy atom. The van der Waals surface area contributed by atoms with Crippen molar-refractivity contribution in [3.8, 4) is 0 Å². The molecule has 0 atom stereocenters. The van der Waals surface area contributed by atoms with Gasteiger partial charge in [-0.05, 0) is 23.8 Å². The van der Waals surface area contributed by atoms with Gasteiger partial charge < -0.3 is 16.0 Å². The summed E-state index contributed by atoms with van der Waals surface area (Å²) < 4.78 is 0. The van der Waals surface area contributed by atoms with Gasteiger partial charge in [0.2, 0.25) is 0 Å². The van der Waals surface area contributed by atoms with Crippen LogP contribution in [0.1, 0.15) is 15.9 Å². The highest BCUT2D eigenvalue weighted by Gasteiger charge is 2.04. The molecule has 2 heterocycles. The minimum atomic E-state index is -0.292. The number of amides is 3. The molecule has 0 aliphatic carbocycles. The van der Waals surface area contributed by atoms with Gasteiger partial charge in [0.25, 0.3) is 5.91 Å². The lowest BCUT2D eigenvalue weighted by Gasteiger charge is -2.08. The van der Waals surface area contributed by atoms with Crippen molar-refractivity contribution in [3.05, 3.63) is 60.2 Å². The van der Waals surface area contributed by atoms with Crippen molar-refractivity contribution in [1.29, 1.82) is 0 Å². The minimum absolute atomic E-state index is 0.217. The molecular weight excluding hydrogens is 282 g/mol. The van der Waals surface area contributed by atoms with Gasteiger partial charge in [-0.3, -0.25) is 14.8 Å². The fourth-order valence-corrected chi connectivity index (χ4v) is 1.70.